The summed E-state index contributed by atoms with van der Waals surface area (Å²) in [5.74, 6) is 0.745. The van der Waals surface area contributed by atoms with Crippen LogP contribution in [0.3, 0.4) is 0 Å². The predicted octanol–water partition coefficient (Wildman–Crippen LogP) is 5.64. The molecule has 0 bridgehead atoms. The number of nitriles is 1. The van der Waals surface area contributed by atoms with E-state index in [2.05, 4.69) is 61.1 Å². The van der Waals surface area contributed by atoms with E-state index in [4.69, 9.17) is 11.3 Å². The summed E-state index contributed by atoms with van der Waals surface area (Å²) in [4.78, 5) is 5.56. The molecule has 144 valence electrons. The number of allylic oxidation sites excluding steroid dienone is 3. The molecule has 1 aliphatic carbocycles. The van der Waals surface area contributed by atoms with Gasteiger partial charge in [0.1, 0.15) is 11.4 Å². The van der Waals surface area contributed by atoms with Gasteiger partial charge in [-0.25, -0.2) is 10.1 Å². The second kappa shape index (κ2) is 8.36. The lowest BCUT2D eigenvalue weighted by Crippen LogP contribution is -2.31. The van der Waals surface area contributed by atoms with Gasteiger partial charge in [0.05, 0.1) is 12.6 Å². The topological polar surface area (TPSA) is 40.6 Å². The van der Waals surface area contributed by atoms with Gasteiger partial charge in [0.2, 0.25) is 0 Å². The van der Waals surface area contributed by atoms with E-state index < -0.39 is 0 Å². The van der Waals surface area contributed by atoms with Crippen LogP contribution in [-0.4, -0.2) is 19.7 Å². The van der Waals surface area contributed by atoms with E-state index in [1.54, 1.807) is 0 Å². The van der Waals surface area contributed by atoms with Crippen LogP contribution >= 0.6 is 0 Å². The highest BCUT2D eigenvalue weighted by molar-refractivity contribution is 5.62. The number of anilines is 1. The predicted molar refractivity (Wildman–Crippen MR) is 113 cm³/mol. The number of ether oxygens (including phenoxy) is 1. The van der Waals surface area contributed by atoms with Crippen LogP contribution in [0.15, 0.2) is 47.4 Å². The van der Waals surface area contributed by atoms with Crippen LogP contribution in [0.4, 0.5) is 5.69 Å². The molecule has 0 unspecified atom stereocenters. The largest absolute Gasteiger partial charge is 0.487 e. The SMILES string of the molecule is [C-]#[N+]/C(C#N)=C1C=C(/C=C/c2ccc(N(C)C)c(CC)c2)OC2(CCCC2)C\1. The Morgan fingerprint density at radius 3 is 2.68 bits per heavy atom. The molecule has 1 saturated carbocycles. The molecule has 1 fully saturated rings. The van der Waals surface area contributed by atoms with Gasteiger partial charge < -0.3 is 9.64 Å². The third-order valence-electron chi connectivity index (χ3n) is 5.61. The molecular formula is C24H27N3O. The molecule has 1 aliphatic heterocycles. The van der Waals surface area contributed by atoms with Crippen LogP contribution < -0.4 is 4.90 Å². The minimum atomic E-state index is -0.250. The lowest BCUT2D eigenvalue weighted by atomic mass is 9.88. The fourth-order valence-corrected chi connectivity index (χ4v) is 4.19. The van der Waals surface area contributed by atoms with Crippen molar-refractivity contribution in [1.82, 2.24) is 0 Å². The highest BCUT2D eigenvalue weighted by atomic mass is 16.5. The van der Waals surface area contributed by atoms with Crippen LogP contribution in [-0.2, 0) is 11.2 Å². The highest BCUT2D eigenvalue weighted by Gasteiger charge is 2.39. The fraction of sp³-hybridized carbons (Fsp3) is 0.417. The Morgan fingerprint density at radius 2 is 2.07 bits per heavy atom. The lowest BCUT2D eigenvalue weighted by Gasteiger charge is -2.35. The van der Waals surface area contributed by atoms with Crippen molar-refractivity contribution in [3.05, 3.63) is 69.9 Å². The molecule has 0 amide bonds. The molecule has 0 radical (unpaired) electrons. The number of aryl methyl sites for hydroxylation is 1. The monoisotopic (exact) mass is 373 g/mol. The molecule has 1 heterocycles. The van der Waals surface area contributed by atoms with Gasteiger partial charge in [0, 0.05) is 26.2 Å². The molecule has 1 spiro atoms. The maximum atomic E-state index is 9.32. The minimum absolute atomic E-state index is 0.184. The van der Waals surface area contributed by atoms with E-state index >= 15 is 0 Å². The number of benzene rings is 1. The zero-order valence-electron chi connectivity index (χ0n) is 17.0. The van der Waals surface area contributed by atoms with Crippen molar-refractivity contribution in [3.63, 3.8) is 0 Å². The second-order valence-corrected chi connectivity index (χ2v) is 7.78. The number of hydrogen-bond acceptors (Lipinski definition) is 3. The van der Waals surface area contributed by atoms with Gasteiger partial charge in [-0.2, -0.15) is 0 Å². The van der Waals surface area contributed by atoms with E-state index in [9.17, 15) is 5.26 Å². The first-order chi connectivity index (χ1) is 13.5. The fourth-order valence-electron chi connectivity index (χ4n) is 4.19. The summed E-state index contributed by atoms with van der Waals surface area (Å²) in [5, 5.41) is 9.32. The number of rotatable bonds is 4. The Hall–Kier alpha value is -2.98. The Balaban J connectivity index is 1.92. The zero-order valence-corrected chi connectivity index (χ0v) is 17.0. The zero-order chi connectivity index (χ0) is 20.1. The summed E-state index contributed by atoms with van der Waals surface area (Å²) >= 11 is 0. The molecule has 0 saturated heterocycles. The van der Waals surface area contributed by atoms with Crippen LogP contribution in [0.1, 0.15) is 50.2 Å². The van der Waals surface area contributed by atoms with Gasteiger partial charge in [0.25, 0.3) is 5.70 Å². The summed E-state index contributed by atoms with van der Waals surface area (Å²) in [6.07, 6.45) is 11.8. The van der Waals surface area contributed by atoms with Gasteiger partial charge in [-0.1, -0.05) is 19.1 Å². The lowest BCUT2D eigenvalue weighted by molar-refractivity contribution is 0.00776. The Morgan fingerprint density at radius 1 is 1.32 bits per heavy atom. The normalized spacial score (nSPS) is 19.7. The smallest absolute Gasteiger partial charge is 0.265 e. The van der Waals surface area contributed by atoms with Crippen molar-refractivity contribution in [2.45, 2.75) is 51.0 Å². The summed E-state index contributed by atoms with van der Waals surface area (Å²) in [6, 6.07) is 8.51. The summed E-state index contributed by atoms with van der Waals surface area (Å²) in [5.41, 5.74) is 4.40. The first-order valence-electron chi connectivity index (χ1n) is 9.90. The van der Waals surface area contributed by atoms with Gasteiger partial charge >= 0.3 is 0 Å². The van der Waals surface area contributed by atoms with E-state index in [1.807, 2.05) is 12.2 Å². The van der Waals surface area contributed by atoms with Crippen LogP contribution in [0, 0.1) is 17.9 Å². The van der Waals surface area contributed by atoms with Crippen molar-refractivity contribution in [1.29, 1.82) is 5.26 Å². The third-order valence-corrected chi connectivity index (χ3v) is 5.61. The van der Waals surface area contributed by atoms with Gasteiger partial charge in [-0.15, -0.1) is 0 Å². The number of nitrogens with zero attached hydrogens (tertiary/aromatic N) is 3. The first kappa shape index (κ1) is 19.8. The maximum Gasteiger partial charge on any atom is 0.265 e. The first-order valence-corrected chi connectivity index (χ1v) is 9.90. The van der Waals surface area contributed by atoms with E-state index in [0.29, 0.717) is 6.42 Å². The average Bonchev–Trinajstić information content (AvgIpc) is 3.13. The third kappa shape index (κ3) is 4.12. The van der Waals surface area contributed by atoms with E-state index in [-0.39, 0.29) is 11.3 Å². The average molecular weight is 374 g/mol. The van der Waals surface area contributed by atoms with Crippen LogP contribution in [0.25, 0.3) is 10.9 Å². The van der Waals surface area contributed by atoms with Crippen molar-refractivity contribution in [2.24, 2.45) is 0 Å². The standard InChI is InChI=1S/C24H27N3O/c1-5-19-14-18(9-11-23(19)27(3)4)8-10-21-15-20(22(17-25)26-2)16-24(28-21)12-6-7-13-24/h8-11,14-15H,5-7,12-13,16H2,1,3-4H3/b10-8+,22-20+. The molecule has 0 aromatic heterocycles. The van der Waals surface area contributed by atoms with Crippen LogP contribution in [0.2, 0.25) is 0 Å². The maximum absolute atomic E-state index is 9.32. The molecule has 28 heavy (non-hydrogen) atoms. The summed E-state index contributed by atoms with van der Waals surface area (Å²) in [6.45, 7) is 9.47. The molecule has 3 rings (SSSR count). The minimum Gasteiger partial charge on any atom is -0.487 e. The molecule has 1 aromatic carbocycles. The Bertz CT molecular complexity index is 900. The summed E-state index contributed by atoms with van der Waals surface area (Å²) in [7, 11) is 4.12. The van der Waals surface area contributed by atoms with Gasteiger partial charge in [0.15, 0.2) is 0 Å². The van der Waals surface area contributed by atoms with Gasteiger partial charge in [-0.05, 0) is 73.1 Å². The molecular weight excluding hydrogens is 346 g/mol. The Kier molecular flexibility index (Phi) is 5.90. The van der Waals surface area contributed by atoms with Crippen LogP contribution in [0.5, 0.6) is 0 Å². The molecule has 4 nitrogen and oxygen atoms in total. The summed E-state index contributed by atoms with van der Waals surface area (Å²) < 4.78 is 6.36. The number of hydrogen-bond donors (Lipinski definition) is 0. The highest BCUT2D eigenvalue weighted by Crippen LogP contribution is 2.44. The van der Waals surface area contributed by atoms with Crippen molar-refractivity contribution < 1.29 is 4.74 Å². The van der Waals surface area contributed by atoms with E-state index in [1.165, 1.54) is 11.3 Å². The molecule has 0 N–H and O–H groups in total. The van der Waals surface area contributed by atoms with Crippen molar-refractivity contribution >= 4 is 11.8 Å². The van der Waals surface area contributed by atoms with Crippen molar-refractivity contribution in [3.8, 4) is 6.07 Å². The molecule has 0 atom stereocenters. The molecule has 4 heteroatoms. The quantitative estimate of drug-likeness (QED) is 0.506. The van der Waals surface area contributed by atoms with E-state index in [0.717, 1.165) is 49.0 Å². The second-order valence-electron chi connectivity index (χ2n) is 7.78. The molecule has 1 aromatic rings. The Labute approximate surface area is 168 Å². The van der Waals surface area contributed by atoms with Gasteiger partial charge in [-0.3, -0.25) is 0 Å². The van der Waals surface area contributed by atoms with Crippen molar-refractivity contribution in [2.75, 3.05) is 19.0 Å². The molecule has 2 aliphatic rings.